The number of hydrogen-bond donors (Lipinski definition) is 1. The van der Waals surface area contributed by atoms with Crippen LogP contribution < -0.4 is 10.1 Å². The van der Waals surface area contributed by atoms with Crippen molar-refractivity contribution in [2.75, 3.05) is 12.4 Å². The first-order valence-corrected chi connectivity index (χ1v) is 7.68. The maximum absolute atomic E-state index is 5.25. The van der Waals surface area contributed by atoms with Gasteiger partial charge in [0.2, 0.25) is 0 Å². The highest BCUT2D eigenvalue weighted by Crippen LogP contribution is 2.26. The van der Waals surface area contributed by atoms with Crippen LogP contribution in [0.25, 0.3) is 0 Å². The number of halogens is 1. The molecule has 0 aromatic heterocycles. The lowest BCUT2D eigenvalue weighted by atomic mass is 10.1. The third-order valence-electron chi connectivity index (χ3n) is 3.24. The fraction of sp³-hybridized carbons (Fsp3) is 0.294. The van der Waals surface area contributed by atoms with Crippen molar-refractivity contribution in [2.24, 2.45) is 0 Å². The molecule has 0 atom stereocenters. The summed E-state index contributed by atoms with van der Waals surface area (Å²) in [5, 5.41) is 3.52. The minimum absolute atomic E-state index is 0.809. The van der Waals surface area contributed by atoms with E-state index in [0.717, 1.165) is 29.6 Å². The quantitative estimate of drug-likeness (QED) is 0.801. The van der Waals surface area contributed by atoms with Crippen molar-refractivity contribution in [2.45, 2.75) is 26.3 Å². The van der Waals surface area contributed by atoms with Crippen molar-refractivity contribution in [1.82, 2.24) is 0 Å². The Labute approximate surface area is 129 Å². The molecule has 1 N–H and O–H groups in total. The molecule has 20 heavy (non-hydrogen) atoms. The third kappa shape index (κ3) is 3.76. The minimum Gasteiger partial charge on any atom is -0.496 e. The summed E-state index contributed by atoms with van der Waals surface area (Å²) in [6.45, 7) is 3.01. The van der Waals surface area contributed by atoms with Crippen LogP contribution in [0.15, 0.2) is 46.9 Å². The predicted molar refractivity (Wildman–Crippen MR) is 88.5 cm³/mol. The summed E-state index contributed by atoms with van der Waals surface area (Å²) in [6, 6.07) is 14.7. The Morgan fingerprint density at radius 3 is 2.65 bits per heavy atom. The molecule has 0 aliphatic heterocycles. The van der Waals surface area contributed by atoms with Gasteiger partial charge in [0.25, 0.3) is 0 Å². The van der Waals surface area contributed by atoms with Crippen molar-refractivity contribution in [3.05, 3.63) is 58.1 Å². The number of anilines is 1. The number of hydrogen-bond acceptors (Lipinski definition) is 2. The number of nitrogens with one attached hydrogen (secondary N) is 1. The Morgan fingerprint density at radius 1 is 1.15 bits per heavy atom. The van der Waals surface area contributed by atoms with E-state index in [0.29, 0.717) is 0 Å². The molecule has 2 aromatic carbocycles. The number of aryl methyl sites for hydroxylation is 1. The van der Waals surface area contributed by atoms with Gasteiger partial charge in [-0.2, -0.15) is 0 Å². The van der Waals surface area contributed by atoms with Gasteiger partial charge in [0.05, 0.1) is 11.6 Å². The zero-order valence-corrected chi connectivity index (χ0v) is 13.5. The van der Waals surface area contributed by atoms with Crippen LogP contribution in [0, 0.1) is 0 Å². The molecule has 2 rings (SSSR count). The molecular weight excluding hydrogens is 314 g/mol. The van der Waals surface area contributed by atoms with Crippen molar-refractivity contribution >= 4 is 21.6 Å². The van der Waals surface area contributed by atoms with Crippen molar-refractivity contribution < 1.29 is 4.74 Å². The molecule has 0 saturated carbocycles. The first-order valence-electron chi connectivity index (χ1n) is 6.88. The average Bonchev–Trinajstić information content (AvgIpc) is 2.47. The highest BCUT2D eigenvalue weighted by Gasteiger charge is 2.03. The van der Waals surface area contributed by atoms with E-state index in [1.165, 1.54) is 16.8 Å². The lowest BCUT2D eigenvalue weighted by molar-refractivity contribution is 0.412. The molecule has 0 heterocycles. The Kier molecular flexibility index (Phi) is 5.48. The standard InChI is InChI=1S/C17H20BrNO/c1-3-6-14-7-4-5-8-16(14)19-12-13-9-10-17(20-2)15(18)11-13/h4-5,7-11,19H,3,6,12H2,1-2H3. The van der Waals surface area contributed by atoms with E-state index in [1.807, 2.05) is 6.07 Å². The van der Waals surface area contributed by atoms with E-state index in [9.17, 15) is 0 Å². The second-order valence-corrected chi connectivity index (χ2v) is 5.58. The number of methoxy groups -OCH3 is 1. The third-order valence-corrected chi connectivity index (χ3v) is 3.86. The Balaban J connectivity index is 2.07. The number of benzene rings is 2. The lowest BCUT2D eigenvalue weighted by Crippen LogP contribution is -2.02. The van der Waals surface area contributed by atoms with Gasteiger partial charge in [-0.1, -0.05) is 37.6 Å². The highest BCUT2D eigenvalue weighted by atomic mass is 79.9. The fourth-order valence-electron chi connectivity index (χ4n) is 2.20. The van der Waals surface area contributed by atoms with E-state index < -0.39 is 0 Å². The molecule has 106 valence electrons. The minimum atomic E-state index is 0.809. The monoisotopic (exact) mass is 333 g/mol. The van der Waals surface area contributed by atoms with Crippen molar-refractivity contribution in [1.29, 1.82) is 0 Å². The van der Waals surface area contributed by atoms with Gasteiger partial charge in [-0.15, -0.1) is 0 Å². The fourth-order valence-corrected chi connectivity index (χ4v) is 2.79. The largest absolute Gasteiger partial charge is 0.496 e. The van der Waals surface area contributed by atoms with Crippen LogP contribution in [0.3, 0.4) is 0 Å². The van der Waals surface area contributed by atoms with E-state index >= 15 is 0 Å². The molecule has 3 heteroatoms. The maximum Gasteiger partial charge on any atom is 0.133 e. The van der Waals surface area contributed by atoms with E-state index in [-0.39, 0.29) is 0 Å². The molecule has 0 spiro atoms. The topological polar surface area (TPSA) is 21.3 Å². The lowest BCUT2D eigenvalue weighted by Gasteiger charge is -2.12. The average molecular weight is 334 g/mol. The summed E-state index contributed by atoms with van der Waals surface area (Å²) in [7, 11) is 1.68. The summed E-state index contributed by atoms with van der Waals surface area (Å²) in [5.74, 6) is 0.861. The van der Waals surface area contributed by atoms with Gasteiger partial charge in [-0.05, 0) is 51.7 Å². The molecule has 0 unspecified atom stereocenters. The SMILES string of the molecule is CCCc1ccccc1NCc1ccc(OC)c(Br)c1. The predicted octanol–water partition coefficient (Wildman–Crippen LogP) is 5.02. The van der Waals surface area contributed by atoms with Crippen LogP contribution in [-0.2, 0) is 13.0 Å². The van der Waals surface area contributed by atoms with Gasteiger partial charge < -0.3 is 10.1 Å². The number of para-hydroxylation sites is 1. The second kappa shape index (κ2) is 7.34. The van der Waals surface area contributed by atoms with Gasteiger partial charge in [-0.3, -0.25) is 0 Å². The van der Waals surface area contributed by atoms with Crippen LogP contribution in [0.4, 0.5) is 5.69 Å². The van der Waals surface area contributed by atoms with Crippen molar-refractivity contribution in [3.8, 4) is 5.75 Å². The van der Waals surface area contributed by atoms with Gasteiger partial charge in [0, 0.05) is 12.2 Å². The molecule has 2 aromatic rings. The van der Waals surface area contributed by atoms with E-state index in [1.54, 1.807) is 7.11 Å². The molecule has 0 bridgehead atoms. The first-order chi connectivity index (χ1) is 9.74. The normalized spacial score (nSPS) is 10.3. The van der Waals surface area contributed by atoms with Gasteiger partial charge in [0.1, 0.15) is 5.75 Å². The summed E-state index contributed by atoms with van der Waals surface area (Å²) in [6.07, 6.45) is 2.27. The highest BCUT2D eigenvalue weighted by molar-refractivity contribution is 9.10. The molecule has 0 amide bonds. The number of ether oxygens (including phenoxy) is 1. The zero-order chi connectivity index (χ0) is 14.4. The van der Waals surface area contributed by atoms with Crippen LogP contribution >= 0.6 is 15.9 Å². The molecule has 0 saturated heterocycles. The molecule has 0 fully saturated rings. The molecule has 0 aliphatic rings. The van der Waals surface area contributed by atoms with Crippen LogP contribution in [0.5, 0.6) is 5.75 Å². The molecule has 0 radical (unpaired) electrons. The molecular formula is C17H20BrNO. The summed E-state index contributed by atoms with van der Waals surface area (Å²) < 4.78 is 6.23. The molecule has 2 nitrogen and oxygen atoms in total. The summed E-state index contributed by atoms with van der Waals surface area (Å²) >= 11 is 3.52. The zero-order valence-electron chi connectivity index (χ0n) is 11.9. The van der Waals surface area contributed by atoms with Crippen molar-refractivity contribution in [3.63, 3.8) is 0 Å². The maximum atomic E-state index is 5.25. The van der Waals surface area contributed by atoms with Crippen LogP contribution in [-0.4, -0.2) is 7.11 Å². The van der Waals surface area contributed by atoms with E-state index in [2.05, 4.69) is 64.6 Å². The molecule has 0 aliphatic carbocycles. The van der Waals surface area contributed by atoms with E-state index in [4.69, 9.17) is 4.74 Å². The Hall–Kier alpha value is -1.48. The first kappa shape index (κ1) is 14.9. The number of rotatable bonds is 6. The van der Waals surface area contributed by atoms with Gasteiger partial charge >= 0.3 is 0 Å². The van der Waals surface area contributed by atoms with Gasteiger partial charge in [0.15, 0.2) is 0 Å². The summed E-state index contributed by atoms with van der Waals surface area (Å²) in [5.41, 5.74) is 3.83. The van der Waals surface area contributed by atoms with Crippen LogP contribution in [0.1, 0.15) is 24.5 Å². The smallest absolute Gasteiger partial charge is 0.133 e. The Morgan fingerprint density at radius 2 is 1.95 bits per heavy atom. The Bertz CT molecular complexity index is 569. The van der Waals surface area contributed by atoms with Gasteiger partial charge in [-0.25, -0.2) is 0 Å². The summed E-state index contributed by atoms with van der Waals surface area (Å²) in [4.78, 5) is 0. The van der Waals surface area contributed by atoms with Crippen LogP contribution in [0.2, 0.25) is 0 Å². The second-order valence-electron chi connectivity index (χ2n) is 4.73.